The van der Waals surface area contributed by atoms with Gasteiger partial charge in [-0.3, -0.25) is 9.79 Å². The third kappa shape index (κ3) is 4.05. The summed E-state index contributed by atoms with van der Waals surface area (Å²) < 4.78 is 24.5. The largest absolute Gasteiger partial charge is 0.525 e. The fraction of sp³-hybridized carbons (Fsp3) is 0.444. The summed E-state index contributed by atoms with van der Waals surface area (Å²) >= 11 is 0. The molecular formula is C9H13O9P. The zero-order valence-corrected chi connectivity index (χ0v) is 10.5. The highest BCUT2D eigenvalue weighted by Crippen LogP contribution is 2.42. The Morgan fingerprint density at radius 3 is 2.63 bits per heavy atom. The van der Waals surface area contributed by atoms with E-state index in [1.54, 1.807) is 0 Å². The lowest BCUT2D eigenvalue weighted by Gasteiger charge is -2.17. The lowest BCUT2D eigenvalue weighted by Crippen LogP contribution is -2.32. The van der Waals surface area contributed by atoms with E-state index in [0.717, 1.165) is 0 Å². The minimum absolute atomic E-state index is 0.116. The van der Waals surface area contributed by atoms with Crippen LogP contribution in [0.25, 0.3) is 0 Å². The molecular weight excluding hydrogens is 283 g/mol. The van der Waals surface area contributed by atoms with Gasteiger partial charge in [0.05, 0.1) is 6.61 Å². The first kappa shape index (κ1) is 15.7. The topological polar surface area (TPSA) is 143 Å². The normalized spacial score (nSPS) is 21.1. The number of phosphoric acid groups is 1. The second-order valence-corrected chi connectivity index (χ2v) is 4.61. The smallest absolute Gasteiger partial charge is 0.486 e. The molecule has 0 saturated heterocycles. The van der Waals surface area contributed by atoms with Crippen molar-refractivity contribution in [3.05, 3.63) is 24.2 Å². The SMILES string of the molecule is C=CCOC1=C(OP(=O)(O)O)C(=O)O[C@@H]1[C@@H](O)CO. The Hall–Kier alpha value is -1.38. The number of ether oxygens (including phenoxy) is 2. The van der Waals surface area contributed by atoms with E-state index in [2.05, 4.69) is 15.8 Å². The lowest BCUT2D eigenvalue weighted by molar-refractivity contribution is -0.147. The number of carbonyl (C=O) groups is 1. The molecule has 0 bridgehead atoms. The van der Waals surface area contributed by atoms with Gasteiger partial charge >= 0.3 is 13.8 Å². The molecule has 0 aromatic heterocycles. The van der Waals surface area contributed by atoms with Crippen molar-refractivity contribution in [1.29, 1.82) is 0 Å². The number of cyclic esters (lactones) is 1. The molecule has 19 heavy (non-hydrogen) atoms. The highest BCUT2D eigenvalue weighted by atomic mass is 31.2. The molecule has 1 heterocycles. The number of carbonyl (C=O) groups excluding carboxylic acids is 1. The summed E-state index contributed by atoms with van der Waals surface area (Å²) in [6.45, 7) is 2.49. The highest BCUT2D eigenvalue weighted by Gasteiger charge is 2.44. The van der Waals surface area contributed by atoms with E-state index in [9.17, 15) is 14.5 Å². The van der Waals surface area contributed by atoms with Crippen molar-refractivity contribution >= 4 is 13.8 Å². The predicted octanol–water partition coefficient (Wildman–Crippen LogP) is -1.21. The van der Waals surface area contributed by atoms with Gasteiger partial charge in [-0.1, -0.05) is 12.7 Å². The minimum atomic E-state index is -5.00. The maximum absolute atomic E-state index is 11.4. The molecule has 10 heteroatoms. The van der Waals surface area contributed by atoms with Crippen LogP contribution in [0.1, 0.15) is 0 Å². The molecule has 9 nitrogen and oxygen atoms in total. The maximum Gasteiger partial charge on any atom is 0.525 e. The van der Waals surface area contributed by atoms with Crippen LogP contribution in [0.5, 0.6) is 0 Å². The molecule has 0 radical (unpaired) electrons. The van der Waals surface area contributed by atoms with Crippen LogP contribution in [-0.2, 0) is 23.4 Å². The second-order valence-electron chi connectivity index (χ2n) is 3.45. The number of rotatable bonds is 7. The number of aliphatic hydroxyl groups excluding tert-OH is 2. The van der Waals surface area contributed by atoms with Crippen LogP contribution >= 0.6 is 7.82 Å². The summed E-state index contributed by atoms with van der Waals surface area (Å²) in [5.74, 6) is -2.46. The van der Waals surface area contributed by atoms with Gasteiger partial charge in [0.1, 0.15) is 12.7 Å². The van der Waals surface area contributed by atoms with Crippen LogP contribution in [-0.4, -0.2) is 51.4 Å². The van der Waals surface area contributed by atoms with Gasteiger partial charge in [-0.2, -0.15) is 0 Å². The molecule has 0 aliphatic carbocycles. The van der Waals surface area contributed by atoms with Gasteiger partial charge in [0.2, 0.25) is 0 Å². The summed E-state index contributed by atoms with van der Waals surface area (Å²) in [6.07, 6.45) is -1.62. The molecule has 2 atom stereocenters. The van der Waals surface area contributed by atoms with Crippen LogP contribution in [0, 0.1) is 0 Å². The molecule has 1 aliphatic rings. The van der Waals surface area contributed by atoms with Crippen molar-refractivity contribution < 1.29 is 43.4 Å². The van der Waals surface area contributed by atoms with Crippen LogP contribution in [0.3, 0.4) is 0 Å². The van der Waals surface area contributed by atoms with Crippen LogP contribution < -0.4 is 0 Å². The molecule has 1 rings (SSSR count). The van der Waals surface area contributed by atoms with Gasteiger partial charge in [-0.05, 0) is 0 Å². The fourth-order valence-electron chi connectivity index (χ4n) is 1.30. The van der Waals surface area contributed by atoms with Crippen molar-refractivity contribution in [3.63, 3.8) is 0 Å². The van der Waals surface area contributed by atoms with Gasteiger partial charge in [-0.15, -0.1) is 0 Å². The number of esters is 1. The second kappa shape index (κ2) is 6.18. The van der Waals surface area contributed by atoms with E-state index in [-0.39, 0.29) is 6.61 Å². The van der Waals surface area contributed by atoms with Gasteiger partial charge in [-0.25, -0.2) is 9.36 Å². The first-order chi connectivity index (χ1) is 8.80. The van der Waals surface area contributed by atoms with Gasteiger partial charge in [0, 0.05) is 0 Å². The number of aliphatic hydroxyl groups is 2. The molecule has 4 N–H and O–H groups in total. The van der Waals surface area contributed by atoms with Gasteiger partial charge in [0.15, 0.2) is 11.9 Å². The highest BCUT2D eigenvalue weighted by molar-refractivity contribution is 7.46. The number of hydrogen-bond donors (Lipinski definition) is 4. The zero-order valence-electron chi connectivity index (χ0n) is 9.63. The van der Waals surface area contributed by atoms with Crippen LogP contribution in [0.2, 0.25) is 0 Å². The predicted molar refractivity (Wildman–Crippen MR) is 59.3 cm³/mol. The van der Waals surface area contributed by atoms with Crippen molar-refractivity contribution in [2.24, 2.45) is 0 Å². The standard InChI is InChI=1S/C9H13O9P/c1-2-3-16-7-6(5(11)4-10)17-9(12)8(7)18-19(13,14)15/h2,5-6,10-11H,1,3-4H2,(H2,13,14,15)/t5-,6+/m0/s1. The summed E-state index contributed by atoms with van der Waals surface area (Å²) in [6, 6.07) is 0. The summed E-state index contributed by atoms with van der Waals surface area (Å²) in [4.78, 5) is 28.8. The van der Waals surface area contributed by atoms with Crippen molar-refractivity contribution in [2.45, 2.75) is 12.2 Å². The Morgan fingerprint density at radius 2 is 2.16 bits per heavy atom. The molecule has 0 fully saturated rings. The molecule has 0 unspecified atom stereocenters. The minimum Gasteiger partial charge on any atom is -0.486 e. The zero-order chi connectivity index (χ0) is 14.6. The quantitative estimate of drug-likeness (QED) is 0.258. The monoisotopic (exact) mass is 296 g/mol. The Morgan fingerprint density at radius 1 is 1.53 bits per heavy atom. The Kier molecular flexibility index (Phi) is 5.10. The van der Waals surface area contributed by atoms with E-state index >= 15 is 0 Å². The molecule has 0 aromatic rings. The molecule has 0 aromatic carbocycles. The number of phosphoric ester groups is 1. The summed E-state index contributed by atoms with van der Waals surface area (Å²) in [5.41, 5.74) is 0. The van der Waals surface area contributed by atoms with E-state index in [1.165, 1.54) is 6.08 Å². The van der Waals surface area contributed by atoms with Crippen molar-refractivity contribution in [1.82, 2.24) is 0 Å². The van der Waals surface area contributed by atoms with Crippen LogP contribution in [0.4, 0.5) is 0 Å². The molecule has 0 saturated carbocycles. The Balaban J connectivity index is 3.08. The first-order valence-electron chi connectivity index (χ1n) is 5.03. The van der Waals surface area contributed by atoms with Crippen LogP contribution in [0.15, 0.2) is 24.2 Å². The molecule has 0 spiro atoms. The summed E-state index contributed by atoms with van der Waals surface area (Å²) in [7, 11) is -5.00. The molecule has 108 valence electrons. The maximum atomic E-state index is 11.4. The average Bonchev–Trinajstić information content (AvgIpc) is 2.61. The van der Waals surface area contributed by atoms with E-state index < -0.39 is 44.1 Å². The molecule has 1 aliphatic heterocycles. The van der Waals surface area contributed by atoms with Gasteiger partial charge in [0.25, 0.3) is 5.76 Å². The lowest BCUT2D eigenvalue weighted by atomic mass is 10.2. The average molecular weight is 296 g/mol. The van der Waals surface area contributed by atoms with E-state index in [4.69, 9.17) is 19.6 Å². The third-order valence-electron chi connectivity index (χ3n) is 2.01. The van der Waals surface area contributed by atoms with Gasteiger partial charge < -0.3 is 24.2 Å². The number of hydrogen-bond acceptors (Lipinski definition) is 7. The Labute approximate surface area is 108 Å². The van der Waals surface area contributed by atoms with E-state index in [1.807, 2.05) is 0 Å². The third-order valence-corrected chi connectivity index (χ3v) is 2.43. The van der Waals surface area contributed by atoms with Crippen molar-refractivity contribution in [3.8, 4) is 0 Å². The Bertz CT molecular complexity index is 437. The van der Waals surface area contributed by atoms with E-state index in [0.29, 0.717) is 0 Å². The van der Waals surface area contributed by atoms with Crippen molar-refractivity contribution in [2.75, 3.05) is 13.2 Å². The first-order valence-corrected chi connectivity index (χ1v) is 6.56. The summed E-state index contributed by atoms with van der Waals surface area (Å²) in [5, 5.41) is 18.3. The molecule has 0 amide bonds. The fourth-order valence-corrected chi connectivity index (χ4v) is 1.70.